The molecule has 2 unspecified atom stereocenters. The van der Waals surface area contributed by atoms with E-state index in [2.05, 4.69) is 147 Å². The van der Waals surface area contributed by atoms with Crippen LogP contribution in [0.25, 0.3) is 0 Å². The predicted octanol–water partition coefficient (Wildman–Crippen LogP) is 12.7. The van der Waals surface area contributed by atoms with Crippen LogP contribution in [0.3, 0.4) is 0 Å². The highest BCUT2D eigenvalue weighted by atomic mass is 31.2. The van der Waals surface area contributed by atoms with Crippen molar-refractivity contribution in [2.45, 2.75) is 123 Å². The van der Waals surface area contributed by atoms with E-state index in [1.165, 1.54) is 0 Å². The van der Waals surface area contributed by atoms with Crippen molar-refractivity contribution in [3.8, 4) is 0 Å². The lowest BCUT2D eigenvalue weighted by Crippen LogP contribution is -2.27. The van der Waals surface area contributed by atoms with Crippen LogP contribution in [0.1, 0.15) is 117 Å². The van der Waals surface area contributed by atoms with E-state index in [1.807, 2.05) is 24.3 Å². The molecule has 0 radical (unpaired) electrons. The number of aliphatic hydroxyl groups is 1. The minimum absolute atomic E-state index is 0.0181. The second-order valence-corrected chi connectivity index (χ2v) is 15.0. The molecule has 0 aromatic carbocycles. The second kappa shape index (κ2) is 45.2. The molecule has 0 rings (SSSR count). The van der Waals surface area contributed by atoms with Gasteiger partial charge in [-0.1, -0.05) is 172 Å². The van der Waals surface area contributed by atoms with Crippen molar-refractivity contribution in [3.63, 3.8) is 0 Å². The SMILES string of the molecule is CC/C=C\C/C=C\C/C=C\C/C=C\C/C=C\C/C=C\C/C=C\CC(=O)OCC(O)COP(=O)(O)OCCNC(=O)CC/C=C\C/C=C\C/C=C\C/C=C\C/C=C\C/C=C\CC. The van der Waals surface area contributed by atoms with Crippen molar-refractivity contribution in [3.05, 3.63) is 158 Å². The van der Waals surface area contributed by atoms with Crippen LogP contribution in [-0.4, -0.2) is 54.3 Å². The highest BCUT2D eigenvalue weighted by molar-refractivity contribution is 7.47. The number of carbonyl (C=O) groups is 2. The molecule has 0 aliphatic carbocycles. The van der Waals surface area contributed by atoms with Gasteiger partial charge in [-0.25, -0.2) is 4.57 Å². The summed E-state index contributed by atoms with van der Waals surface area (Å²) >= 11 is 0. The van der Waals surface area contributed by atoms with Gasteiger partial charge in [0.25, 0.3) is 0 Å². The van der Waals surface area contributed by atoms with Crippen LogP contribution in [0.4, 0.5) is 0 Å². The number of hydrogen-bond acceptors (Lipinski definition) is 7. The third-order valence-corrected chi connectivity index (χ3v) is 8.98. The maximum atomic E-state index is 12.1. The molecule has 10 heteroatoms. The largest absolute Gasteiger partial charge is 0.472 e. The Morgan fingerprint density at radius 3 is 1.23 bits per heavy atom. The predicted molar refractivity (Wildman–Crippen MR) is 256 cm³/mol. The van der Waals surface area contributed by atoms with E-state index in [9.17, 15) is 24.2 Å². The summed E-state index contributed by atoms with van der Waals surface area (Å²) in [6.45, 7) is 3.07. The van der Waals surface area contributed by atoms with Crippen molar-refractivity contribution in [2.75, 3.05) is 26.4 Å². The molecule has 0 bridgehead atoms. The van der Waals surface area contributed by atoms with Crippen LogP contribution in [0, 0.1) is 0 Å². The maximum Gasteiger partial charge on any atom is 0.472 e. The molecule has 9 nitrogen and oxygen atoms in total. The zero-order valence-electron chi connectivity index (χ0n) is 37.0. The van der Waals surface area contributed by atoms with Gasteiger partial charge in [0.1, 0.15) is 12.7 Å². The zero-order chi connectivity index (χ0) is 44.6. The number of nitrogens with one attached hydrogen (secondary N) is 1. The van der Waals surface area contributed by atoms with Gasteiger partial charge in [-0.15, -0.1) is 0 Å². The number of phosphoric acid groups is 1. The summed E-state index contributed by atoms with van der Waals surface area (Å²) in [6.07, 6.45) is 66.4. The fourth-order valence-corrected chi connectivity index (χ4v) is 5.54. The molecular weight excluding hydrogens is 786 g/mol. The number of esters is 1. The van der Waals surface area contributed by atoms with Crippen molar-refractivity contribution >= 4 is 19.7 Å². The first-order valence-electron chi connectivity index (χ1n) is 22.0. The Morgan fingerprint density at radius 1 is 0.508 bits per heavy atom. The molecule has 3 N–H and O–H groups in total. The quantitative estimate of drug-likeness (QED) is 0.0242. The van der Waals surface area contributed by atoms with Gasteiger partial charge in [-0.2, -0.15) is 0 Å². The molecule has 0 aliphatic heterocycles. The lowest BCUT2D eigenvalue weighted by atomic mass is 10.2. The van der Waals surface area contributed by atoms with E-state index in [0.29, 0.717) is 12.8 Å². The van der Waals surface area contributed by atoms with E-state index in [1.54, 1.807) is 6.08 Å². The van der Waals surface area contributed by atoms with Gasteiger partial charge in [0.15, 0.2) is 0 Å². The molecule has 0 aliphatic rings. The molecule has 0 heterocycles. The van der Waals surface area contributed by atoms with Crippen molar-refractivity contribution in [2.24, 2.45) is 0 Å². The molecule has 61 heavy (non-hydrogen) atoms. The van der Waals surface area contributed by atoms with E-state index in [0.717, 1.165) is 77.0 Å². The molecule has 0 saturated carbocycles. The third-order valence-electron chi connectivity index (χ3n) is 8.00. The number of hydrogen-bond donors (Lipinski definition) is 3. The number of rotatable bonds is 38. The molecular formula is C51H76NO8P. The minimum Gasteiger partial charge on any atom is -0.463 e. The van der Waals surface area contributed by atoms with Crippen LogP contribution in [0.2, 0.25) is 0 Å². The molecule has 1 amide bonds. The van der Waals surface area contributed by atoms with Gasteiger partial charge in [0.05, 0.1) is 19.6 Å². The molecule has 2 atom stereocenters. The number of amides is 1. The lowest BCUT2D eigenvalue weighted by Gasteiger charge is -2.15. The average molecular weight is 862 g/mol. The first-order chi connectivity index (χ1) is 29.8. The Balaban J connectivity index is 3.87. The Hall–Kier alpha value is -4.37. The van der Waals surface area contributed by atoms with Gasteiger partial charge in [-0.3, -0.25) is 18.6 Å². The smallest absolute Gasteiger partial charge is 0.463 e. The van der Waals surface area contributed by atoms with Gasteiger partial charge >= 0.3 is 13.8 Å². The van der Waals surface area contributed by atoms with E-state index < -0.39 is 33.1 Å². The van der Waals surface area contributed by atoms with Crippen molar-refractivity contribution in [1.82, 2.24) is 5.32 Å². The Morgan fingerprint density at radius 2 is 0.852 bits per heavy atom. The lowest BCUT2D eigenvalue weighted by molar-refractivity contribution is -0.146. The first kappa shape index (κ1) is 56.6. The summed E-state index contributed by atoms with van der Waals surface area (Å²) in [5.74, 6) is -0.754. The monoisotopic (exact) mass is 862 g/mol. The van der Waals surface area contributed by atoms with E-state index in [-0.39, 0.29) is 31.9 Å². The molecule has 0 aromatic heterocycles. The van der Waals surface area contributed by atoms with Crippen LogP contribution in [0.15, 0.2) is 158 Å². The van der Waals surface area contributed by atoms with Gasteiger partial charge < -0.3 is 20.1 Å². The minimum atomic E-state index is -4.47. The van der Waals surface area contributed by atoms with Gasteiger partial charge in [0, 0.05) is 13.0 Å². The fraction of sp³-hybridized carbons (Fsp3) is 0.451. The number of phosphoric ester groups is 1. The van der Waals surface area contributed by atoms with E-state index >= 15 is 0 Å². The standard InChI is InChI=1S/C51H76NO8P/c1-3-5-7-9-11-13-15-17-19-21-23-24-26-28-30-32-34-36-38-40-42-44-51(55)58-47-49(53)48-60-61(56,57)59-46-45-52-50(54)43-41-39-37-35-33-31-29-27-25-22-20-18-16-14-12-10-8-6-4-2/h5-8,11-14,17-20,23-25,27-28,30-31,33-34,36-37,39-40,42,49,53H,3-4,9-10,15-16,21-22,26,29,32,35,38,41,43-48H2,1-2H3,(H,52,54)(H,56,57)/b7-5-,8-6-,13-11-,14-12-,19-17-,20-18-,24-23-,27-25-,30-28-,33-31-,36-34-,39-37-,42-40-. The average Bonchev–Trinajstić information content (AvgIpc) is 3.25. The highest BCUT2D eigenvalue weighted by Crippen LogP contribution is 2.42. The third kappa shape index (κ3) is 46.5. The Labute approximate surface area is 368 Å². The van der Waals surface area contributed by atoms with Gasteiger partial charge in [-0.05, 0) is 89.9 Å². The summed E-state index contributed by atoms with van der Waals surface area (Å²) < 4.78 is 26.7. The van der Waals surface area contributed by atoms with E-state index in [4.69, 9.17) is 13.8 Å². The number of ether oxygens (including phenoxy) is 1. The second-order valence-electron chi connectivity index (χ2n) is 13.6. The highest BCUT2D eigenvalue weighted by Gasteiger charge is 2.23. The summed E-state index contributed by atoms with van der Waals surface area (Å²) in [7, 11) is -4.47. The van der Waals surface area contributed by atoms with Gasteiger partial charge in [0.2, 0.25) is 5.91 Å². The molecule has 0 fully saturated rings. The van der Waals surface area contributed by atoms with Crippen LogP contribution < -0.4 is 5.32 Å². The van der Waals surface area contributed by atoms with Crippen LogP contribution in [-0.2, 0) is 27.9 Å². The number of carbonyl (C=O) groups excluding carboxylic acids is 2. The van der Waals surface area contributed by atoms with Crippen LogP contribution in [0.5, 0.6) is 0 Å². The molecule has 0 saturated heterocycles. The summed E-state index contributed by atoms with van der Waals surface area (Å²) in [4.78, 5) is 33.8. The Bertz CT molecular complexity index is 1540. The normalized spacial score (nSPS) is 14.8. The van der Waals surface area contributed by atoms with Crippen LogP contribution >= 0.6 is 7.82 Å². The number of allylic oxidation sites excluding steroid dienone is 25. The zero-order valence-corrected chi connectivity index (χ0v) is 37.9. The van der Waals surface area contributed by atoms with Crippen molar-refractivity contribution < 1.29 is 37.9 Å². The molecule has 338 valence electrons. The molecule has 0 spiro atoms. The first-order valence-corrected chi connectivity index (χ1v) is 23.5. The fourth-order valence-electron chi connectivity index (χ4n) is 4.78. The number of aliphatic hydroxyl groups excluding tert-OH is 1. The molecule has 0 aromatic rings. The summed E-state index contributed by atoms with van der Waals surface area (Å²) in [5.41, 5.74) is 0. The topological polar surface area (TPSA) is 131 Å². The Kier molecular flexibility index (Phi) is 41.9. The maximum absolute atomic E-state index is 12.1. The summed E-state index contributed by atoms with van der Waals surface area (Å²) in [6, 6.07) is 0. The summed E-state index contributed by atoms with van der Waals surface area (Å²) in [5, 5.41) is 12.6. The van der Waals surface area contributed by atoms with Crippen molar-refractivity contribution in [1.29, 1.82) is 0 Å².